The van der Waals surface area contributed by atoms with Crippen LogP contribution in [0.4, 0.5) is 0 Å². The summed E-state index contributed by atoms with van der Waals surface area (Å²) in [4.78, 5) is 28.2. The van der Waals surface area contributed by atoms with Gasteiger partial charge in [-0.1, -0.05) is 48.0 Å². The van der Waals surface area contributed by atoms with Crippen LogP contribution in [0.3, 0.4) is 0 Å². The number of nitrogens with one attached hydrogen (secondary N) is 1. The molecule has 0 aliphatic carbocycles. The number of carbonyl (C=O) groups excluding carboxylic acids is 1. The SMILES string of the molecule is O=C(N[C@@H](Cc1ccccc1Cl)C(=O)O)c1cnc2ccccc2c1. The van der Waals surface area contributed by atoms with E-state index in [1.54, 1.807) is 30.3 Å². The molecule has 0 bridgehead atoms. The number of carboxylic acid groups (broad SMARTS) is 1. The lowest BCUT2D eigenvalue weighted by Crippen LogP contribution is -2.42. The number of pyridine rings is 1. The van der Waals surface area contributed by atoms with E-state index in [-0.39, 0.29) is 6.42 Å². The molecule has 1 aromatic heterocycles. The zero-order chi connectivity index (χ0) is 17.8. The van der Waals surface area contributed by atoms with Crippen LogP contribution in [-0.4, -0.2) is 28.0 Å². The fraction of sp³-hybridized carbons (Fsp3) is 0.105. The van der Waals surface area contributed by atoms with Gasteiger partial charge in [0.05, 0.1) is 11.1 Å². The predicted octanol–water partition coefficient (Wildman–Crippen LogP) is 3.31. The van der Waals surface area contributed by atoms with Gasteiger partial charge in [0.25, 0.3) is 5.91 Å². The molecule has 0 radical (unpaired) electrons. The molecule has 0 spiro atoms. The van der Waals surface area contributed by atoms with Crippen LogP contribution in [0.2, 0.25) is 5.02 Å². The van der Waals surface area contributed by atoms with Crippen molar-refractivity contribution >= 4 is 34.4 Å². The molecule has 1 heterocycles. The quantitative estimate of drug-likeness (QED) is 0.736. The van der Waals surface area contributed by atoms with Gasteiger partial charge < -0.3 is 10.4 Å². The Balaban J connectivity index is 1.80. The van der Waals surface area contributed by atoms with Crippen molar-refractivity contribution in [2.24, 2.45) is 0 Å². The standard InChI is InChI=1S/C19H15ClN2O3/c20-15-7-3-1-5-12(15)10-17(19(24)25)22-18(23)14-9-13-6-2-4-8-16(13)21-11-14/h1-9,11,17H,10H2,(H,22,23)(H,24,25)/t17-/m0/s1. The number of nitrogens with zero attached hydrogens (tertiary/aromatic N) is 1. The van der Waals surface area contributed by atoms with Gasteiger partial charge in [-0.15, -0.1) is 0 Å². The number of aromatic nitrogens is 1. The number of carboxylic acids is 1. The van der Waals surface area contributed by atoms with E-state index in [4.69, 9.17) is 11.6 Å². The summed E-state index contributed by atoms with van der Waals surface area (Å²) in [6.45, 7) is 0. The maximum absolute atomic E-state index is 12.4. The number of amides is 1. The molecule has 2 aromatic carbocycles. The van der Waals surface area contributed by atoms with Crippen LogP contribution in [0.5, 0.6) is 0 Å². The Morgan fingerprint density at radius 2 is 1.84 bits per heavy atom. The molecule has 0 saturated heterocycles. The number of hydrogen-bond donors (Lipinski definition) is 2. The highest BCUT2D eigenvalue weighted by molar-refractivity contribution is 6.31. The number of carbonyl (C=O) groups is 2. The Morgan fingerprint density at radius 1 is 1.12 bits per heavy atom. The van der Waals surface area contributed by atoms with Gasteiger partial charge in [0.15, 0.2) is 0 Å². The Labute approximate surface area is 149 Å². The van der Waals surface area contributed by atoms with Gasteiger partial charge in [-0.2, -0.15) is 0 Å². The smallest absolute Gasteiger partial charge is 0.326 e. The Kier molecular flexibility index (Phi) is 4.95. The number of aliphatic carboxylic acids is 1. The van der Waals surface area contributed by atoms with Crippen LogP contribution < -0.4 is 5.32 Å². The first-order chi connectivity index (χ1) is 12.0. The maximum Gasteiger partial charge on any atom is 0.326 e. The van der Waals surface area contributed by atoms with Crippen molar-refractivity contribution in [3.05, 3.63) is 76.9 Å². The van der Waals surface area contributed by atoms with Crippen molar-refractivity contribution in [3.63, 3.8) is 0 Å². The van der Waals surface area contributed by atoms with E-state index in [9.17, 15) is 14.7 Å². The Morgan fingerprint density at radius 3 is 2.60 bits per heavy atom. The second-order valence-electron chi connectivity index (χ2n) is 5.58. The number of fused-ring (bicyclic) bond motifs is 1. The first-order valence-electron chi connectivity index (χ1n) is 7.66. The molecule has 0 fully saturated rings. The zero-order valence-corrected chi connectivity index (χ0v) is 13.9. The highest BCUT2D eigenvalue weighted by Gasteiger charge is 2.22. The second-order valence-corrected chi connectivity index (χ2v) is 5.98. The molecular weight excluding hydrogens is 340 g/mol. The van der Waals surface area contributed by atoms with Crippen LogP contribution in [0.15, 0.2) is 60.8 Å². The molecule has 3 rings (SSSR count). The van der Waals surface area contributed by atoms with Gasteiger partial charge in [0, 0.05) is 23.0 Å². The summed E-state index contributed by atoms with van der Waals surface area (Å²) in [6.07, 6.45) is 1.54. The van der Waals surface area contributed by atoms with Gasteiger partial charge in [-0.3, -0.25) is 9.78 Å². The Bertz CT molecular complexity index is 943. The van der Waals surface area contributed by atoms with Gasteiger partial charge >= 0.3 is 5.97 Å². The molecule has 5 nitrogen and oxygen atoms in total. The van der Waals surface area contributed by atoms with E-state index in [0.29, 0.717) is 16.1 Å². The Hall–Kier alpha value is -2.92. The van der Waals surface area contributed by atoms with Crippen molar-refractivity contribution in [3.8, 4) is 0 Å². The molecule has 2 N–H and O–H groups in total. The van der Waals surface area contributed by atoms with Gasteiger partial charge in [-0.05, 0) is 23.8 Å². The van der Waals surface area contributed by atoms with Crippen LogP contribution in [-0.2, 0) is 11.2 Å². The fourth-order valence-electron chi connectivity index (χ4n) is 2.52. The van der Waals surface area contributed by atoms with E-state index in [2.05, 4.69) is 10.3 Å². The number of benzene rings is 2. The molecule has 1 amide bonds. The summed E-state index contributed by atoms with van der Waals surface area (Å²) in [5.74, 6) is -1.61. The lowest BCUT2D eigenvalue weighted by atomic mass is 10.1. The molecule has 0 saturated carbocycles. The average molecular weight is 355 g/mol. The monoisotopic (exact) mass is 354 g/mol. The summed E-state index contributed by atoms with van der Waals surface area (Å²) >= 11 is 6.08. The number of para-hydroxylation sites is 1. The van der Waals surface area contributed by atoms with Gasteiger partial charge in [0.1, 0.15) is 6.04 Å². The van der Waals surface area contributed by atoms with E-state index in [1.165, 1.54) is 6.20 Å². The van der Waals surface area contributed by atoms with Gasteiger partial charge in [0.2, 0.25) is 0 Å². The summed E-state index contributed by atoms with van der Waals surface area (Å²) in [5, 5.41) is 13.2. The van der Waals surface area contributed by atoms with E-state index < -0.39 is 17.9 Å². The summed E-state index contributed by atoms with van der Waals surface area (Å²) in [7, 11) is 0. The summed E-state index contributed by atoms with van der Waals surface area (Å²) in [6, 6.07) is 15.0. The van der Waals surface area contributed by atoms with E-state index in [1.807, 2.05) is 24.3 Å². The first kappa shape index (κ1) is 16.9. The van der Waals surface area contributed by atoms with Crippen molar-refractivity contribution in [2.75, 3.05) is 0 Å². The third kappa shape index (κ3) is 3.95. The normalized spacial score (nSPS) is 11.9. The average Bonchev–Trinajstić information content (AvgIpc) is 2.62. The molecule has 25 heavy (non-hydrogen) atoms. The number of rotatable bonds is 5. The third-order valence-electron chi connectivity index (χ3n) is 3.84. The number of hydrogen-bond acceptors (Lipinski definition) is 3. The molecule has 126 valence electrons. The molecule has 6 heteroatoms. The van der Waals surface area contributed by atoms with Crippen molar-refractivity contribution in [1.29, 1.82) is 0 Å². The van der Waals surface area contributed by atoms with Crippen molar-refractivity contribution in [2.45, 2.75) is 12.5 Å². The minimum absolute atomic E-state index is 0.0990. The minimum Gasteiger partial charge on any atom is -0.480 e. The molecule has 0 unspecified atom stereocenters. The minimum atomic E-state index is -1.12. The maximum atomic E-state index is 12.4. The summed E-state index contributed by atoms with van der Waals surface area (Å²) in [5.41, 5.74) is 1.74. The lowest BCUT2D eigenvalue weighted by molar-refractivity contribution is -0.139. The fourth-order valence-corrected chi connectivity index (χ4v) is 2.73. The van der Waals surface area contributed by atoms with E-state index >= 15 is 0 Å². The van der Waals surface area contributed by atoms with Crippen LogP contribution in [0.25, 0.3) is 10.9 Å². The van der Waals surface area contributed by atoms with Crippen LogP contribution >= 0.6 is 11.6 Å². The third-order valence-corrected chi connectivity index (χ3v) is 4.21. The van der Waals surface area contributed by atoms with Gasteiger partial charge in [-0.25, -0.2) is 4.79 Å². The summed E-state index contributed by atoms with van der Waals surface area (Å²) < 4.78 is 0. The topological polar surface area (TPSA) is 79.3 Å². The van der Waals surface area contributed by atoms with Crippen LogP contribution in [0, 0.1) is 0 Å². The highest BCUT2D eigenvalue weighted by Crippen LogP contribution is 2.17. The van der Waals surface area contributed by atoms with Crippen LogP contribution in [0.1, 0.15) is 15.9 Å². The lowest BCUT2D eigenvalue weighted by Gasteiger charge is -2.15. The highest BCUT2D eigenvalue weighted by atomic mass is 35.5. The molecule has 0 aliphatic heterocycles. The van der Waals surface area contributed by atoms with Crippen molar-refractivity contribution in [1.82, 2.24) is 10.3 Å². The second kappa shape index (κ2) is 7.32. The molecule has 1 atom stereocenters. The molecule has 3 aromatic rings. The molecular formula is C19H15ClN2O3. The first-order valence-corrected chi connectivity index (χ1v) is 8.04. The molecule has 0 aliphatic rings. The van der Waals surface area contributed by atoms with E-state index in [0.717, 1.165) is 10.9 Å². The largest absolute Gasteiger partial charge is 0.480 e. The predicted molar refractivity (Wildman–Crippen MR) is 95.8 cm³/mol. The zero-order valence-electron chi connectivity index (χ0n) is 13.1. The van der Waals surface area contributed by atoms with Crippen molar-refractivity contribution < 1.29 is 14.7 Å². The number of halogens is 1.